The molecule has 0 heterocycles. The van der Waals surface area contributed by atoms with Crippen molar-refractivity contribution in [2.45, 2.75) is 27.2 Å². The molecule has 0 atom stereocenters. The summed E-state index contributed by atoms with van der Waals surface area (Å²) >= 11 is 0. The largest absolute Gasteiger partial charge is 0.492 e. The molecule has 0 aliphatic heterocycles. The predicted octanol–water partition coefficient (Wildman–Crippen LogP) is 1.12. The van der Waals surface area contributed by atoms with Crippen LogP contribution in [0.3, 0.4) is 0 Å². The van der Waals surface area contributed by atoms with Gasteiger partial charge in [-0.15, -0.1) is 0 Å². The molecule has 0 saturated carbocycles. The van der Waals surface area contributed by atoms with Crippen molar-refractivity contribution in [3.63, 3.8) is 0 Å². The zero-order chi connectivity index (χ0) is 14.3. The van der Waals surface area contributed by atoms with E-state index in [-0.39, 0.29) is 0 Å². The van der Waals surface area contributed by atoms with E-state index in [9.17, 15) is 10.0 Å². The van der Waals surface area contributed by atoms with Crippen LogP contribution in [0, 0.1) is 12.8 Å². The smallest absolute Gasteiger partial charge is 0.492 e. The highest BCUT2D eigenvalue weighted by molar-refractivity contribution is 6.59. The molecule has 4 nitrogen and oxygen atoms in total. The van der Waals surface area contributed by atoms with Crippen LogP contribution in [-0.2, 0) is 4.74 Å². The molecule has 0 spiro atoms. The van der Waals surface area contributed by atoms with Gasteiger partial charge < -0.3 is 19.5 Å². The van der Waals surface area contributed by atoms with E-state index >= 15 is 0 Å². The average molecular weight is 266 g/mol. The minimum atomic E-state index is -1.52. The number of hydrogen-bond acceptors (Lipinski definition) is 4. The summed E-state index contributed by atoms with van der Waals surface area (Å²) in [6, 6.07) is 5.33. The minimum Gasteiger partial charge on any atom is -0.492 e. The molecule has 1 rings (SSSR count). The second-order valence-corrected chi connectivity index (χ2v) is 5.06. The van der Waals surface area contributed by atoms with Crippen LogP contribution in [0.5, 0.6) is 5.75 Å². The first-order valence-corrected chi connectivity index (χ1v) is 6.68. The molecule has 2 N–H and O–H groups in total. The fraction of sp³-hybridized carbons (Fsp3) is 0.571. The van der Waals surface area contributed by atoms with Crippen molar-refractivity contribution in [3.05, 3.63) is 23.8 Å². The maximum Gasteiger partial charge on any atom is 0.492 e. The van der Waals surface area contributed by atoms with Crippen LogP contribution in [-0.4, -0.2) is 37.0 Å². The Balaban J connectivity index is 2.37. The third kappa shape index (κ3) is 6.10. The molecule has 5 heteroatoms. The van der Waals surface area contributed by atoms with Crippen molar-refractivity contribution in [3.8, 4) is 5.75 Å². The maximum absolute atomic E-state index is 9.28. The molecule has 0 saturated heterocycles. The standard InChI is InChI=1S/C14H23BO4/c1-11(2)6-7-18-8-9-19-14-5-4-12(3)10-13(14)15(16)17/h4-5,10-11,16-17H,6-9H2,1-3H3. The van der Waals surface area contributed by atoms with Crippen LogP contribution < -0.4 is 10.2 Å². The van der Waals surface area contributed by atoms with Crippen molar-refractivity contribution < 1.29 is 19.5 Å². The van der Waals surface area contributed by atoms with E-state index in [0.29, 0.717) is 30.3 Å². The maximum atomic E-state index is 9.28. The molecule has 19 heavy (non-hydrogen) atoms. The summed E-state index contributed by atoms with van der Waals surface area (Å²) in [7, 11) is -1.52. The first-order valence-electron chi connectivity index (χ1n) is 6.68. The van der Waals surface area contributed by atoms with Crippen LogP contribution in [0.25, 0.3) is 0 Å². The molecule has 1 aromatic carbocycles. The number of benzene rings is 1. The summed E-state index contributed by atoms with van der Waals surface area (Å²) in [6.07, 6.45) is 1.03. The molecular formula is C14H23BO4. The number of aryl methyl sites for hydroxylation is 1. The molecule has 0 fully saturated rings. The van der Waals surface area contributed by atoms with Gasteiger partial charge in [0.15, 0.2) is 0 Å². The Bertz CT molecular complexity index is 380. The van der Waals surface area contributed by atoms with Crippen molar-refractivity contribution in [1.29, 1.82) is 0 Å². The molecule has 0 amide bonds. The van der Waals surface area contributed by atoms with E-state index in [1.807, 2.05) is 13.0 Å². The van der Waals surface area contributed by atoms with Crippen LogP contribution in [0.15, 0.2) is 18.2 Å². The van der Waals surface area contributed by atoms with Crippen molar-refractivity contribution >= 4 is 12.6 Å². The Labute approximate surface area is 115 Å². The monoisotopic (exact) mass is 266 g/mol. The Morgan fingerprint density at radius 3 is 2.53 bits per heavy atom. The third-order valence-corrected chi connectivity index (χ3v) is 2.77. The van der Waals surface area contributed by atoms with Crippen LogP contribution >= 0.6 is 0 Å². The molecule has 0 bridgehead atoms. The van der Waals surface area contributed by atoms with Crippen LogP contribution in [0.2, 0.25) is 0 Å². The predicted molar refractivity (Wildman–Crippen MR) is 76.8 cm³/mol. The zero-order valence-electron chi connectivity index (χ0n) is 11.9. The summed E-state index contributed by atoms with van der Waals surface area (Å²) in [4.78, 5) is 0. The highest BCUT2D eigenvalue weighted by Gasteiger charge is 2.17. The quantitative estimate of drug-likeness (QED) is 0.546. The first kappa shape index (κ1) is 16.0. The van der Waals surface area contributed by atoms with E-state index in [0.717, 1.165) is 18.6 Å². The highest BCUT2D eigenvalue weighted by Crippen LogP contribution is 2.10. The SMILES string of the molecule is Cc1ccc(OCCOCCC(C)C)c(B(O)O)c1. The summed E-state index contributed by atoms with van der Waals surface area (Å²) in [6.45, 7) is 7.83. The van der Waals surface area contributed by atoms with E-state index in [1.54, 1.807) is 12.1 Å². The summed E-state index contributed by atoms with van der Waals surface area (Å²) in [5.74, 6) is 1.13. The van der Waals surface area contributed by atoms with Crippen LogP contribution in [0.1, 0.15) is 25.8 Å². The van der Waals surface area contributed by atoms with Gasteiger partial charge in [-0.25, -0.2) is 0 Å². The van der Waals surface area contributed by atoms with Crippen molar-refractivity contribution in [1.82, 2.24) is 0 Å². The minimum absolute atomic E-state index is 0.391. The second kappa shape index (κ2) is 8.20. The van der Waals surface area contributed by atoms with Gasteiger partial charge in [0, 0.05) is 12.1 Å². The van der Waals surface area contributed by atoms with Gasteiger partial charge in [-0.2, -0.15) is 0 Å². The Kier molecular flexibility index (Phi) is 6.91. The lowest BCUT2D eigenvalue weighted by molar-refractivity contribution is 0.0928. The fourth-order valence-electron chi connectivity index (χ4n) is 1.63. The fourth-order valence-corrected chi connectivity index (χ4v) is 1.63. The van der Waals surface area contributed by atoms with Crippen LogP contribution in [0.4, 0.5) is 0 Å². The average Bonchev–Trinajstić information content (AvgIpc) is 2.34. The summed E-state index contributed by atoms with van der Waals surface area (Å²) in [5.41, 5.74) is 1.35. The molecule has 0 aliphatic rings. The van der Waals surface area contributed by atoms with Gasteiger partial charge in [-0.1, -0.05) is 31.5 Å². The lowest BCUT2D eigenvalue weighted by atomic mass is 9.79. The van der Waals surface area contributed by atoms with Crippen molar-refractivity contribution in [2.24, 2.45) is 5.92 Å². The van der Waals surface area contributed by atoms with Gasteiger partial charge in [0.2, 0.25) is 0 Å². The molecule has 106 valence electrons. The Morgan fingerprint density at radius 2 is 1.89 bits per heavy atom. The molecule has 0 radical (unpaired) electrons. The number of rotatable bonds is 8. The Morgan fingerprint density at radius 1 is 1.16 bits per heavy atom. The summed E-state index contributed by atoms with van der Waals surface area (Å²) in [5, 5.41) is 18.6. The van der Waals surface area contributed by atoms with Gasteiger partial charge in [-0.3, -0.25) is 0 Å². The van der Waals surface area contributed by atoms with E-state index in [4.69, 9.17) is 9.47 Å². The van der Waals surface area contributed by atoms with Crippen molar-refractivity contribution in [2.75, 3.05) is 19.8 Å². The lowest BCUT2D eigenvalue weighted by Crippen LogP contribution is -2.32. The molecule has 0 aliphatic carbocycles. The number of hydrogen-bond donors (Lipinski definition) is 2. The third-order valence-electron chi connectivity index (χ3n) is 2.77. The molecule has 0 aromatic heterocycles. The van der Waals surface area contributed by atoms with Gasteiger partial charge in [0.25, 0.3) is 0 Å². The normalized spacial score (nSPS) is 10.8. The molecule has 0 unspecified atom stereocenters. The van der Waals surface area contributed by atoms with E-state index < -0.39 is 7.12 Å². The Hall–Kier alpha value is -1.04. The summed E-state index contributed by atoms with van der Waals surface area (Å²) < 4.78 is 11.0. The van der Waals surface area contributed by atoms with Gasteiger partial charge in [0.1, 0.15) is 12.4 Å². The van der Waals surface area contributed by atoms with E-state index in [1.165, 1.54) is 0 Å². The number of ether oxygens (including phenoxy) is 2. The molecular weight excluding hydrogens is 243 g/mol. The highest BCUT2D eigenvalue weighted by atomic mass is 16.5. The topological polar surface area (TPSA) is 58.9 Å². The van der Waals surface area contributed by atoms with E-state index in [2.05, 4.69) is 13.8 Å². The zero-order valence-corrected chi connectivity index (χ0v) is 11.9. The van der Waals surface area contributed by atoms with Gasteiger partial charge in [0.05, 0.1) is 6.61 Å². The first-order chi connectivity index (χ1) is 9.00. The molecule has 1 aromatic rings. The van der Waals surface area contributed by atoms with Gasteiger partial charge >= 0.3 is 7.12 Å². The lowest BCUT2D eigenvalue weighted by Gasteiger charge is -2.12. The second-order valence-electron chi connectivity index (χ2n) is 5.06. The van der Waals surface area contributed by atoms with Gasteiger partial charge in [-0.05, 0) is 25.3 Å².